The van der Waals surface area contributed by atoms with Gasteiger partial charge in [-0.25, -0.2) is 0 Å². The highest BCUT2D eigenvalue weighted by molar-refractivity contribution is 7.11. The Kier molecular flexibility index (Phi) is 4.09. The molecule has 15 heavy (non-hydrogen) atoms. The van der Waals surface area contributed by atoms with Crippen LogP contribution in [0.4, 0.5) is 0 Å². The van der Waals surface area contributed by atoms with Crippen molar-refractivity contribution in [3.05, 3.63) is 10.0 Å². The lowest BCUT2D eigenvalue weighted by Gasteiger charge is -1.97. The van der Waals surface area contributed by atoms with Gasteiger partial charge in [-0.2, -0.15) is 0 Å². The summed E-state index contributed by atoms with van der Waals surface area (Å²) in [5, 5.41) is 14.3. The molecule has 0 saturated heterocycles. The van der Waals surface area contributed by atoms with Crippen molar-refractivity contribution in [1.82, 2.24) is 15.5 Å². The van der Waals surface area contributed by atoms with Crippen LogP contribution in [-0.2, 0) is 12.8 Å². The second kappa shape index (κ2) is 5.56. The zero-order chi connectivity index (χ0) is 10.5. The van der Waals surface area contributed by atoms with Crippen LogP contribution >= 0.6 is 11.3 Å². The van der Waals surface area contributed by atoms with Gasteiger partial charge in [0.15, 0.2) is 0 Å². The maximum atomic E-state index is 4.21. The van der Waals surface area contributed by atoms with E-state index < -0.39 is 0 Å². The van der Waals surface area contributed by atoms with Gasteiger partial charge in [-0.05, 0) is 19.3 Å². The van der Waals surface area contributed by atoms with Gasteiger partial charge in [-0.1, -0.05) is 13.3 Å². The minimum atomic E-state index is 0.803. The predicted octanol–water partition coefficient (Wildman–Crippen LogP) is 2.18. The lowest BCUT2D eigenvalue weighted by atomic mass is 10.3. The molecule has 4 heteroatoms. The molecule has 1 fully saturated rings. The van der Waals surface area contributed by atoms with E-state index in [0.29, 0.717) is 0 Å². The molecule has 1 aromatic rings. The molecule has 0 unspecified atom stereocenters. The lowest BCUT2D eigenvalue weighted by molar-refractivity contribution is 0.677. The van der Waals surface area contributed by atoms with E-state index in [1.54, 1.807) is 11.3 Å². The van der Waals surface area contributed by atoms with Crippen molar-refractivity contribution in [2.24, 2.45) is 0 Å². The zero-order valence-electron chi connectivity index (χ0n) is 9.33. The summed E-state index contributed by atoms with van der Waals surface area (Å²) in [6.45, 7) is 3.27. The van der Waals surface area contributed by atoms with E-state index in [2.05, 4.69) is 22.4 Å². The summed E-state index contributed by atoms with van der Waals surface area (Å²) in [7, 11) is 0. The molecule has 1 saturated carbocycles. The number of hydrogen-bond acceptors (Lipinski definition) is 4. The monoisotopic (exact) mass is 225 g/mol. The van der Waals surface area contributed by atoms with Gasteiger partial charge in [-0.3, -0.25) is 0 Å². The van der Waals surface area contributed by atoms with Gasteiger partial charge >= 0.3 is 0 Å². The van der Waals surface area contributed by atoms with E-state index in [9.17, 15) is 0 Å². The van der Waals surface area contributed by atoms with Crippen molar-refractivity contribution in [2.75, 3.05) is 6.54 Å². The van der Waals surface area contributed by atoms with Crippen LogP contribution < -0.4 is 5.32 Å². The smallest absolute Gasteiger partial charge is 0.118 e. The van der Waals surface area contributed by atoms with Crippen molar-refractivity contribution >= 4 is 11.3 Å². The fourth-order valence-corrected chi connectivity index (χ4v) is 2.37. The minimum Gasteiger partial charge on any atom is -0.314 e. The molecule has 0 bridgehead atoms. The SMILES string of the molecule is CCCCc1nnc(CCNC2CC2)s1. The van der Waals surface area contributed by atoms with Crippen LogP contribution in [-0.4, -0.2) is 22.8 Å². The van der Waals surface area contributed by atoms with Crippen LogP contribution in [0.25, 0.3) is 0 Å². The van der Waals surface area contributed by atoms with Crippen LogP contribution in [0.5, 0.6) is 0 Å². The first-order chi connectivity index (χ1) is 7.38. The molecular formula is C11H19N3S. The molecule has 0 atom stereocenters. The third-order valence-electron chi connectivity index (χ3n) is 2.60. The molecule has 1 aromatic heterocycles. The number of nitrogens with zero attached hydrogens (tertiary/aromatic N) is 2. The van der Waals surface area contributed by atoms with Gasteiger partial charge in [0, 0.05) is 25.4 Å². The number of nitrogens with one attached hydrogen (secondary N) is 1. The van der Waals surface area contributed by atoms with Crippen LogP contribution in [0, 0.1) is 0 Å². The van der Waals surface area contributed by atoms with Crippen molar-refractivity contribution in [2.45, 2.75) is 51.5 Å². The molecule has 1 aliphatic rings. The van der Waals surface area contributed by atoms with Gasteiger partial charge in [0.1, 0.15) is 10.0 Å². The Labute approximate surface area is 95.3 Å². The highest BCUT2D eigenvalue weighted by Gasteiger charge is 2.19. The number of aromatic nitrogens is 2. The van der Waals surface area contributed by atoms with Crippen molar-refractivity contribution in [3.8, 4) is 0 Å². The van der Waals surface area contributed by atoms with E-state index in [-0.39, 0.29) is 0 Å². The standard InChI is InChI=1S/C11H19N3S/c1-2-3-4-10-13-14-11(15-10)7-8-12-9-5-6-9/h9,12H,2-8H2,1H3. The topological polar surface area (TPSA) is 37.8 Å². The molecular weight excluding hydrogens is 206 g/mol. The summed E-state index contributed by atoms with van der Waals surface area (Å²) in [5.74, 6) is 0. The number of rotatable bonds is 7. The fourth-order valence-electron chi connectivity index (χ4n) is 1.49. The predicted molar refractivity (Wildman–Crippen MR) is 63.2 cm³/mol. The Morgan fingerprint density at radius 1 is 1.27 bits per heavy atom. The van der Waals surface area contributed by atoms with Crippen molar-refractivity contribution < 1.29 is 0 Å². The summed E-state index contributed by atoms with van der Waals surface area (Å²) in [6, 6.07) is 0.803. The lowest BCUT2D eigenvalue weighted by Crippen LogP contribution is -2.19. The second-order valence-electron chi connectivity index (χ2n) is 4.17. The molecule has 84 valence electrons. The third kappa shape index (κ3) is 3.87. The molecule has 0 amide bonds. The van der Waals surface area contributed by atoms with Crippen LogP contribution in [0.15, 0.2) is 0 Å². The van der Waals surface area contributed by atoms with Gasteiger partial charge in [-0.15, -0.1) is 21.5 Å². The molecule has 3 nitrogen and oxygen atoms in total. The Morgan fingerprint density at radius 3 is 2.67 bits per heavy atom. The molecule has 0 spiro atoms. The van der Waals surface area contributed by atoms with E-state index in [0.717, 1.165) is 25.4 Å². The zero-order valence-corrected chi connectivity index (χ0v) is 10.1. The summed E-state index contributed by atoms with van der Waals surface area (Å²) in [6.07, 6.45) is 7.33. The highest BCUT2D eigenvalue weighted by atomic mass is 32.1. The molecule has 0 aromatic carbocycles. The largest absolute Gasteiger partial charge is 0.314 e. The third-order valence-corrected chi connectivity index (χ3v) is 3.64. The maximum absolute atomic E-state index is 4.21. The van der Waals surface area contributed by atoms with Crippen LogP contribution in [0.3, 0.4) is 0 Å². The first-order valence-corrected chi connectivity index (χ1v) is 6.74. The summed E-state index contributed by atoms with van der Waals surface area (Å²) in [4.78, 5) is 0. The summed E-state index contributed by atoms with van der Waals surface area (Å²) < 4.78 is 0. The molecule has 1 heterocycles. The number of aryl methyl sites for hydroxylation is 1. The first kappa shape index (κ1) is 11.0. The average Bonchev–Trinajstić information content (AvgIpc) is 2.95. The molecule has 1 aliphatic carbocycles. The molecule has 1 N–H and O–H groups in total. The van der Waals surface area contributed by atoms with Gasteiger partial charge < -0.3 is 5.32 Å². The maximum Gasteiger partial charge on any atom is 0.118 e. The Bertz CT molecular complexity index is 294. The van der Waals surface area contributed by atoms with E-state index >= 15 is 0 Å². The Morgan fingerprint density at radius 2 is 2.00 bits per heavy atom. The normalized spacial score (nSPS) is 15.8. The minimum absolute atomic E-state index is 0.803. The van der Waals surface area contributed by atoms with E-state index in [1.807, 2.05) is 0 Å². The van der Waals surface area contributed by atoms with E-state index in [1.165, 1.54) is 35.7 Å². The summed E-state index contributed by atoms with van der Waals surface area (Å²) >= 11 is 1.78. The fraction of sp³-hybridized carbons (Fsp3) is 0.818. The Balaban J connectivity index is 1.68. The van der Waals surface area contributed by atoms with Crippen LogP contribution in [0.1, 0.15) is 42.6 Å². The molecule has 0 radical (unpaired) electrons. The Hall–Kier alpha value is -0.480. The van der Waals surface area contributed by atoms with Gasteiger partial charge in [0.25, 0.3) is 0 Å². The first-order valence-electron chi connectivity index (χ1n) is 5.93. The van der Waals surface area contributed by atoms with E-state index in [4.69, 9.17) is 0 Å². The summed E-state index contributed by atoms with van der Waals surface area (Å²) in [5.41, 5.74) is 0. The van der Waals surface area contributed by atoms with Crippen LogP contribution in [0.2, 0.25) is 0 Å². The number of hydrogen-bond donors (Lipinski definition) is 1. The highest BCUT2D eigenvalue weighted by Crippen LogP contribution is 2.18. The molecule has 2 rings (SSSR count). The number of unbranched alkanes of at least 4 members (excludes halogenated alkanes) is 1. The molecule has 0 aliphatic heterocycles. The van der Waals surface area contributed by atoms with Gasteiger partial charge in [0.05, 0.1) is 0 Å². The average molecular weight is 225 g/mol. The van der Waals surface area contributed by atoms with Crippen molar-refractivity contribution in [1.29, 1.82) is 0 Å². The van der Waals surface area contributed by atoms with Gasteiger partial charge in [0.2, 0.25) is 0 Å². The van der Waals surface area contributed by atoms with Crippen molar-refractivity contribution in [3.63, 3.8) is 0 Å². The second-order valence-corrected chi connectivity index (χ2v) is 5.32. The quantitative estimate of drug-likeness (QED) is 0.773.